The van der Waals surface area contributed by atoms with Crippen LogP contribution in [0.2, 0.25) is 0 Å². The first-order valence-corrected chi connectivity index (χ1v) is 7.91. The third-order valence-electron chi connectivity index (χ3n) is 4.30. The van der Waals surface area contributed by atoms with Crippen molar-refractivity contribution in [3.63, 3.8) is 0 Å². The molecule has 0 saturated carbocycles. The van der Waals surface area contributed by atoms with Crippen LogP contribution in [0.25, 0.3) is 10.1 Å². The SMILES string of the molecule is c1cc2sncc2cc1O[C@@H]1C[C@H]2CCC[C@@H](C1)N2. The first-order valence-electron chi connectivity index (χ1n) is 7.14. The highest BCUT2D eigenvalue weighted by molar-refractivity contribution is 7.13. The zero-order valence-electron chi connectivity index (χ0n) is 10.8. The lowest BCUT2D eigenvalue weighted by atomic mass is 9.85. The summed E-state index contributed by atoms with van der Waals surface area (Å²) in [6.07, 6.45) is 8.59. The number of benzene rings is 1. The minimum absolute atomic E-state index is 0.376. The van der Waals surface area contributed by atoms with Gasteiger partial charge in [0.1, 0.15) is 11.9 Å². The van der Waals surface area contributed by atoms with E-state index in [1.54, 1.807) is 11.5 Å². The molecule has 0 unspecified atom stereocenters. The Bertz CT molecular complexity index is 570. The van der Waals surface area contributed by atoms with Crippen molar-refractivity contribution >= 4 is 21.6 Å². The summed E-state index contributed by atoms with van der Waals surface area (Å²) in [5.74, 6) is 0.998. The van der Waals surface area contributed by atoms with Gasteiger partial charge in [-0.25, -0.2) is 0 Å². The Morgan fingerprint density at radius 1 is 1.21 bits per heavy atom. The fourth-order valence-electron chi connectivity index (χ4n) is 3.43. The summed E-state index contributed by atoms with van der Waals surface area (Å²) in [5.41, 5.74) is 0. The zero-order chi connectivity index (χ0) is 12.7. The average molecular weight is 274 g/mol. The van der Waals surface area contributed by atoms with Crippen LogP contribution in [-0.4, -0.2) is 22.6 Å². The van der Waals surface area contributed by atoms with E-state index < -0.39 is 0 Å². The Morgan fingerprint density at radius 3 is 2.89 bits per heavy atom. The summed E-state index contributed by atoms with van der Waals surface area (Å²) in [4.78, 5) is 0. The normalized spacial score (nSPS) is 30.4. The summed E-state index contributed by atoms with van der Waals surface area (Å²) >= 11 is 1.54. The summed E-state index contributed by atoms with van der Waals surface area (Å²) < 4.78 is 11.6. The summed E-state index contributed by atoms with van der Waals surface area (Å²) in [5, 5.41) is 4.90. The molecule has 3 nitrogen and oxygen atoms in total. The lowest BCUT2D eigenvalue weighted by Gasteiger charge is -2.40. The smallest absolute Gasteiger partial charge is 0.120 e. The van der Waals surface area contributed by atoms with E-state index in [9.17, 15) is 0 Å². The number of fused-ring (bicyclic) bond motifs is 3. The summed E-state index contributed by atoms with van der Waals surface area (Å²) in [6, 6.07) is 7.66. The van der Waals surface area contributed by atoms with Crippen molar-refractivity contribution in [1.29, 1.82) is 0 Å². The molecule has 1 aromatic carbocycles. The van der Waals surface area contributed by atoms with Crippen LogP contribution in [0.5, 0.6) is 5.75 Å². The predicted octanol–water partition coefficient (Wildman–Crippen LogP) is 3.35. The minimum atomic E-state index is 0.376. The van der Waals surface area contributed by atoms with Crippen LogP contribution in [-0.2, 0) is 0 Å². The van der Waals surface area contributed by atoms with Crippen LogP contribution in [0.3, 0.4) is 0 Å². The van der Waals surface area contributed by atoms with E-state index in [0.717, 1.165) is 18.6 Å². The highest BCUT2D eigenvalue weighted by atomic mass is 32.1. The Hall–Kier alpha value is -1.13. The minimum Gasteiger partial charge on any atom is -0.490 e. The molecule has 1 aromatic heterocycles. The maximum absolute atomic E-state index is 6.21. The molecule has 4 heteroatoms. The second-order valence-electron chi connectivity index (χ2n) is 5.73. The Balaban J connectivity index is 1.51. The van der Waals surface area contributed by atoms with Crippen molar-refractivity contribution in [3.8, 4) is 5.75 Å². The van der Waals surface area contributed by atoms with Crippen molar-refractivity contribution in [3.05, 3.63) is 24.4 Å². The summed E-state index contributed by atoms with van der Waals surface area (Å²) in [7, 11) is 0. The molecule has 19 heavy (non-hydrogen) atoms. The molecular formula is C15H18N2OS. The average Bonchev–Trinajstić information content (AvgIpc) is 2.85. The second-order valence-corrected chi connectivity index (χ2v) is 6.56. The number of nitrogens with one attached hydrogen (secondary N) is 1. The lowest BCUT2D eigenvalue weighted by molar-refractivity contribution is 0.0928. The molecule has 4 rings (SSSR count). The van der Waals surface area contributed by atoms with Gasteiger partial charge in [-0.2, -0.15) is 4.37 Å². The van der Waals surface area contributed by atoms with Gasteiger partial charge in [0.05, 0.1) is 4.70 Å². The predicted molar refractivity (Wildman–Crippen MR) is 77.8 cm³/mol. The number of hydrogen-bond donors (Lipinski definition) is 1. The van der Waals surface area contributed by atoms with Gasteiger partial charge in [-0.3, -0.25) is 0 Å². The van der Waals surface area contributed by atoms with Crippen molar-refractivity contribution in [1.82, 2.24) is 9.69 Å². The van der Waals surface area contributed by atoms with Crippen LogP contribution in [0, 0.1) is 0 Å². The van der Waals surface area contributed by atoms with Gasteiger partial charge in [0.2, 0.25) is 0 Å². The number of hydrogen-bond acceptors (Lipinski definition) is 4. The van der Waals surface area contributed by atoms with E-state index in [1.807, 2.05) is 6.20 Å². The molecule has 2 fully saturated rings. The highest BCUT2D eigenvalue weighted by Crippen LogP contribution is 2.30. The molecular weight excluding hydrogens is 256 g/mol. The molecule has 1 N–H and O–H groups in total. The van der Waals surface area contributed by atoms with E-state index in [-0.39, 0.29) is 0 Å². The van der Waals surface area contributed by atoms with Gasteiger partial charge in [0.15, 0.2) is 0 Å². The monoisotopic (exact) mass is 274 g/mol. The standard InChI is InChI=1S/C15H18N2OS/c1-2-11-7-14(8-12(3-1)17-11)18-13-4-5-15-10(6-13)9-16-19-15/h4-6,9,11-12,14,17H,1-3,7-8H2/t11-,12+,14-. The molecule has 0 spiro atoms. The largest absolute Gasteiger partial charge is 0.490 e. The number of rotatable bonds is 2. The second kappa shape index (κ2) is 4.76. The Kier molecular flexibility index (Phi) is 2.93. The molecule has 2 aliphatic rings. The van der Waals surface area contributed by atoms with Crippen LogP contribution in [0.1, 0.15) is 32.1 Å². The van der Waals surface area contributed by atoms with Gasteiger partial charge in [0, 0.05) is 23.7 Å². The highest BCUT2D eigenvalue weighted by Gasteiger charge is 2.32. The third-order valence-corrected chi connectivity index (χ3v) is 5.08. The molecule has 2 aliphatic heterocycles. The van der Waals surface area contributed by atoms with Gasteiger partial charge in [0.25, 0.3) is 0 Å². The number of ether oxygens (including phenoxy) is 1. The molecule has 0 amide bonds. The third kappa shape index (κ3) is 2.35. The fraction of sp³-hybridized carbons (Fsp3) is 0.533. The molecule has 0 radical (unpaired) electrons. The fourth-order valence-corrected chi connectivity index (χ4v) is 4.05. The van der Waals surface area contributed by atoms with Gasteiger partial charge in [-0.05, 0) is 55.4 Å². The Morgan fingerprint density at radius 2 is 2.05 bits per heavy atom. The molecule has 2 bridgehead atoms. The number of nitrogens with zero attached hydrogens (tertiary/aromatic N) is 1. The van der Waals surface area contributed by atoms with E-state index in [2.05, 4.69) is 27.9 Å². The molecule has 3 heterocycles. The first-order chi connectivity index (χ1) is 9.37. The van der Waals surface area contributed by atoms with Crippen molar-refractivity contribution in [2.45, 2.75) is 50.3 Å². The lowest BCUT2D eigenvalue weighted by Crippen LogP contribution is -2.51. The maximum atomic E-state index is 6.21. The molecule has 2 aromatic rings. The van der Waals surface area contributed by atoms with Crippen molar-refractivity contribution in [2.24, 2.45) is 0 Å². The van der Waals surface area contributed by atoms with E-state index >= 15 is 0 Å². The van der Waals surface area contributed by atoms with Crippen LogP contribution < -0.4 is 10.1 Å². The van der Waals surface area contributed by atoms with Crippen molar-refractivity contribution < 1.29 is 4.74 Å². The maximum Gasteiger partial charge on any atom is 0.120 e. The van der Waals surface area contributed by atoms with Crippen LogP contribution in [0.4, 0.5) is 0 Å². The molecule has 0 aliphatic carbocycles. The molecule has 2 saturated heterocycles. The van der Waals surface area contributed by atoms with E-state index in [0.29, 0.717) is 18.2 Å². The van der Waals surface area contributed by atoms with Crippen LogP contribution >= 0.6 is 11.5 Å². The van der Waals surface area contributed by atoms with E-state index in [4.69, 9.17) is 4.74 Å². The van der Waals surface area contributed by atoms with Crippen LogP contribution in [0.15, 0.2) is 24.4 Å². The van der Waals surface area contributed by atoms with E-state index in [1.165, 1.54) is 29.3 Å². The van der Waals surface area contributed by atoms with Gasteiger partial charge in [-0.15, -0.1) is 0 Å². The number of piperidine rings is 2. The van der Waals surface area contributed by atoms with Crippen molar-refractivity contribution in [2.75, 3.05) is 0 Å². The molecule has 3 atom stereocenters. The van der Waals surface area contributed by atoms with Gasteiger partial charge < -0.3 is 10.1 Å². The van der Waals surface area contributed by atoms with Gasteiger partial charge >= 0.3 is 0 Å². The molecule has 100 valence electrons. The Labute approximate surface area is 117 Å². The first kappa shape index (κ1) is 11.7. The topological polar surface area (TPSA) is 34.1 Å². The summed E-state index contributed by atoms with van der Waals surface area (Å²) in [6.45, 7) is 0. The number of aromatic nitrogens is 1. The zero-order valence-corrected chi connectivity index (χ0v) is 11.7. The quantitative estimate of drug-likeness (QED) is 0.912. The van der Waals surface area contributed by atoms with Gasteiger partial charge in [-0.1, -0.05) is 6.42 Å².